The molecular formula is C25H30N4O2. The summed E-state index contributed by atoms with van der Waals surface area (Å²) in [5.74, 6) is 1.04. The van der Waals surface area contributed by atoms with Gasteiger partial charge in [-0.2, -0.15) is 5.10 Å². The minimum Gasteiger partial charge on any atom is -0.497 e. The van der Waals surface area contributed by atoms with E-state index in [9.17, 15) is 4.79 Å². The third kappa shape index (κ3) is 3.75. The number of hydrogen-bond acceptors (Lipinski definition) is 3. The lowest BCUT2D eigenvalue weighted by Crippen LogP contribution is -2.45. The number of benzene rings is 1. The van der Waals surface area contributed by atoms with Crippen molar-refractivity contribution in [2.45, 2.75) is 64.6 Å². The van der Waals surface area contributed by atoms with Crippen LogP contribution in [-0.2, 0) is 19.4 Å². The molecule has 6 nitrogen and oxygen atoms in total. The van der Waals surface area contributed by atoms with Crippen LogP contribution in [0.3, 0.4) is 0 Å². The van der Waals surface area contributed by atoms with E-state index in [0.717, 1.165) is 61.3 Å². The highest BCUT2D eigenvalue weighted by Gasteiger charge is 2.40. The lowest BCUT2D eigenvalue weighted by atomic mass is 9.92. The second-order valence-corrected chi connectivity index (χ2v) is 8.94. The number of carbonyl (C=O) groups excluding carboxylic acids is 1. The van der Waals surface area contributed by atoms with Crippen molar-refractivity contribution in [3.8, 4) is 5.75 Å². The number of H-pyrrole nitrogens is 1. The predicted octanol–water partition coefficient (Wildman–Crippen LogP) is 4.05. The van der Waals surface area contributed by atoms with Gasteiger partial charge in [-0.05, 0) is 75.3 Å². The molecule has 1 saturated carbocycles. The summed E-state index contributed by atoms with van der Waals surface area (Å²) in [6.07, 6.45) is 7.02. The summed E-state index contributed by atoms with van der Waals surface area (Å²) in [4.78, 5) is 16.0. The standard InChI is InChI=1S/C25H30N4O2/c1-16-11-23(17(2)28(16)15-18-5-4-6-22(12-18)31-3)25(30)29(20-7-8-20)21-9-10-24-19(13-21)14-26-27-24/h4-6,11-12,14,20-21H,7-10,13,15H2,1-3H3,(H,26,27). The van der Waals surface area contributed by atoms with Crippen molar-refractivity contribution in [2.75, 3.05) is 7.11 Å². The van der Waals surface area contributed by atoms with Crippen LogP contribution in [0.25, 0.3) is 0 Å². The van der Waals surface area contributed by atoms with Gasteiger partial charge in [-0.1, -0.05) is 12.1 Å². The minimum absolute atomic E-state index is 0.185. The van der Waals surface area contributed by atoms with Gasteiger partial charge < -0.3 is 14.2 Å². The second kappa shape index (κ2) is 7.91. The number of methoxy groups -OCH3 is 1. The van der Waals surface area contributed by atoms with E-state index in [1.54, 1.807) is 7.11 Å². The fourth-order valence-corrected chi connectivity index (χ4v) is 4.97. The van der Waals surface area contributed by atoms with E-state index in [-0.39, 0.29) is 11.9 Å². The maximum Gasteiger partial charge on any atom is 0.256 e. The Morgan fingerprint density at radius 1 is 1.23 bits per heavy atom. The Kier molecular flexibility index (Phi) is 5.08. The summed E-state index contributed by atoms with van der Waals surface area (Å²) in [5, 5.41) is 7.31. The van der Waals surface area contributed by atoms with Gasteiger partial charge in [0.15, 0.2) is 0 Å². The maximum atomic E-state index is 13.8. The van der Waals surface area contributed by atoms with Crippen molar-refractivity contribution in [2.24, 2.45) is 0 Å². The Labute approximate surface area is 183 Å². The molecule has 0 radical (unpaired) electrons. The first kappa shape index (κ1) is 19.9. The van der Waals surface area contributed by atoms with Gasteiger partial charge in [0.2, 0.25) is 0 Å². The Morgan fingerprint density at radius 3 is 2.84 bits per heavy atom. The molecule has 6 heteroatoms. The zero-order valence-electron chi connectivity index (χ0n) is 18.5. The van der Waals surface area contributed by atoms with Crippen molar-refractivity contribution >= 4 is 5.91 Å². The monoisotopic (exact) mass is 418 g/mol. The van der Waals surface area contributed by atoms with E-state index in [4.69, 9.17) is 4.74 Å². The largest absolute Gasteiger partial charge is 0.497 e. The molecule has 5 rings (SSSR count). The van der Waals surface area contributed by atoms with Gasteiger partial charge >= 0.3 is 0 Å². The predicted molar refractivity (Wildman–Crippen MR) is 120 cm³/mol. The van der Waals surface area contributed by atoms with Crippen LogP contribution in [0.15, 0.2) is 36.5 Å². The highest BCUT2D eigenvalue weighted by molar-refractivity contribution is 5.96. The Bertz CT molecular complexity index is 1110. The molecule has 1 fully saturated rings. The summed E-state index contributed by atoms with van der Waals surface area (Å²) >= 11 is 0. The van der Waals surface area contributed by atoms with Crippen LogP contribution in [0.2, 0.25) is 0 Å². The van der Waals surface area contributed by atoms with Crippen LogP contribution in [0.5, 0.6) is 5.75 Å². The molecule has 0 saturated heterocycles. The molecule has 2 aliphatic rings. The number of hydrogen-bond donors (Lipinski definition) is 1. The Morgan fingerprint density at radius 2 is 2.06 bits per heavy atom. The highest BCUT2D eigenvalue weighted by atomic mass is 16.5. The molecule has 0 bridgehead atoms. The fraction of sp³-hybridized carbons (Fsp3) is 0.440. The maximum absolute atomic E-state index is 13.8. The first-order chi connectivity index (χ1) is 15.0. The number of fused-ring (bicyclic) bond motifs is 1. The SMILES string of the molecule is COc1cccc(Cn2c(C)cc(C(=O)N(C3CC3)C3CCc4[nH]ncc4C3)c2C)c1. The van der Waals surface area contributed by atoms with E-state index in [1.807, 2.05) is 18.3 Å². The smallest absolute Gasteiger partial charge is 0.256 e. The number of aryl methyl sites for hydroxylation is 2. The Balaban J connectivity index is 1.41. The number of nitrogens with one attached hydrogen (secondary N) is 1. The molecule has 2 aliphatic carbocycles. The number of aromatic amines is 1. The van der Waals surface area contributed by atoms with Gasteiger partial charge in [0.05, 0.1) is 18.9 Å². The molecule has 162 valence electrons. The van der Waals surface area contributed by atoms with E-state index in [0.29, 0.717) is 6.04 Å². The fourth-order valence-electron chi connectivity index (χ4n) is 4.97. The molecule has 1 aromatic carbocycles. The number of aromatic nitrogens is 3. The summed E-state index contributed by atoms with van der Waals surface area (Å²) in [6, 6.07) is 10.8. The highest BCUT2D eigenvalue weighted by Crippen LogP contribution is 2.35. The molecular weight excluding hydrogens is 388 g/mol. The van der Waals surface area contributed by atoms with Gasteiger partial charge in [0.1, 0.15) is 5.75 Å². The number of carbonyl (C=O) groups is 1. The lowest BCUT2D eigenvalue weighted by molar-refractivity contribution is 0.0642. The van der Waals surface area contributed by atoms with Crippen molar-refractivity contribution in [1.29, 1.82) is 0 Å². The van der Waals surface area contributed by atoms with Crippen LogP contribution < -0.4 is 4.74 Å². The van der Waals surface area contributed by atoms with Gasteiger partial charge in [-0.15, -0.1) is 0 Å². The van der Waals surface area contributed by atoms with E-state index >= 15 is 0 Å². The molecule has 1 atom stereocenters. The molecule has 1 N–H and O–H groups in total. The van der Waals surface area contributed by atoms with Crippen molar-refractivity contribution < 1.29 is 9.53 Å². The zero-order chi connectivity index (χ0) is 21.5. The summed E-state index contributed by atoms with van der Waals surface area (Å²) in [5.41, 5.74) is 6.65. The molecule has 1 amide bonds. The first-order valence-corrected chi connectivity index (χ1v) is 11.2. The molecule has 3 aromatic rings. The number of rotatable bonds is 6. The molecule has 1 unspecified atom stereocenters. The average Bonchev–Trinajstić information content (AvgIpc) is 3.43. The zero-order valence-corrected chi connectivity index (χ0v) is 18.5. The summed E-state index contributed by atoms with van der Waals surface area (Å²) in [6.45, 7) is 4.89. The first-order valence-electron chi connectivity index (χ1n) is 11.2. The van der Waals surface area contributed by atoms with Gasteiger partial charge in [-0.25, -0.2) is 0 Å². The summed E-state index contributed by atoms with van der Waals surface area (Å²) in [7, 11) is 1.69. The normalized spacial score (nSPS) is 18.0. The molecule has 2 aromatic heterocycles. The van der Waals surface area contributed by atoms with Gasteiger partial charge in [0, 0.05) is 35.7 Å². The second-order valence-electron chi connectivity index (χ2n) is 8.94. The Hall–Kier alpha value is -3.02. The van der Waals surface area contributed by atoms with Crippen molar-refractivity contribution in [1.82, 2.24) is 19.7 Å². The summed E-state index contributed by atoms with van der Waals surface area (Å²) < 4.78 is 7.61. The van der Waals surface area contributed by atoms with Crippen LogP contribution in [0.1, 0.15) is 57.8 Å². The van der Waals surface area contributed by atoms with E-state index in [1.165, 1.54) is 16.8 Å². The number of amides is 1. The van der Waals surface area contributed by atoms with Crippen molar-refractivity contribution in [3.63, 3.8) is 0 Å². The molecule has 2 heterocycles. The number of nitrogens with zero attached hydrogens (tertiary/aromatic N) is 3. The van der Waals surface area contributed by atoms with Crippen LogP contribution in [0, 0.1) is 13.8 Å². The van der Waals surface area contributed by atoms with Crippen molar-refractivity contribution in [3.05, 3.63) is 70.3 Å². The number of ether oxygens (including phenoxy) is 1. The van der Waals surface area contributed by atoms with E-state index < -0.39 is 0 Å². The quantitative estimate of drug-likeness (QED) is 0.657. The molecule has 31 heavy (non-hydrogen) atoms. The lowest BCUT2D eigenvalue weighted by Gasteiger charge is -2.34. The minimum atomic E-state index is 0.185. The molecule has 0 spiro atoms. The van der Waals surface area contributed by atoms with Gasteiger partial charge in [0.25, 0.3) is 5.91 Å². The average molecular weight is 419 g/mol. The van der Waals surface area contributed by atoms with Crippen LogP contribution in [0.4, 0.5) is 0 Å². The van der Waals surface area contributed by atoms with Gasteiger partial charge in [-0.3, -0.25) is 9.89 Å². The third-order valence-corrected chi connectivity index (χ3v) is 6.84. The van der Waals surface area contributed by atoms with E-state index in [2.05, 4.69) is 51.7 Å². The molecule has 0 aliphatic heterocycles. The third-order valence-electron chi connectivity index (χ3n) is 6.84. The van der Waals surface area contributed by atoms with Crippen LogP contribution in [-0.4, -0.2) is 44.8 Å². The van der Waals surface area contributed by atoms with Crippen LogP contribution >= 0.6 is 0 Å². The topological polar surface area (TPSA) is 63.1 Å².